The summed E-state index contributed by atoms with van der Waals surface area (Å²) in [6.45, 7) is 3.42. The van der Waals surface area contributed by atoms with E-state index in [1.165, 1.54) is 7.11 Å². The molecule has 0 aromatic heterocycles. The van der Waals surface area contributed by atoms with Crippen molar-refractivity contribution in [2.24, 2.45) is 11.3 Å². The quantitative estimate of drug-likeness (QED) is 0.473. The molecule has 0 radical (unpaired) electrons. The molecule has 0 saturated heterocycles. The molecule has 1 N–H and O–H groups in total. The van der Waals surface area contributed by atoms with Crippen LogP contribution in [-0.2, 0) is 9.53 Å². The Hall–Kier alpha value is -0.830. The molecule has 1 fully saturated rings. The van der Waals surface area contributed by atoms with Crippen LogP contribution in [-0.4, -0.2) is 24.8 Å². The van der Waals surface area contributed by atoms with E-state index in [2.05, 4.69) is 11.3 Å². The van der Waals surface area contributed by atoms with Gasteiger partial charge < -0.3 is 9.84 Å². The van der Waals surface area contributed by atoms with E-state index in [1.54, 1.807) is 6.08 Å². The number of allylic oxidation sites excluding steroid dienone is 1. The average Bonchev–Trinajstić information content (AvgIpc) is 2.78. The summed E-state index contributed by atoms with van der Waals surface area (Å²) in [5.41, 5.74) is -0.656. The monoisotopic (exact) mass is 156 g/mol. The minimum atomic E-state index is -0.656. The number of aliphatic hydroxyl groups is 1. The molecule has 0 heterocycles. The maximum Gasteiger partial charge on any atom is 0.314 e. The Labute approximate surface area is 65.7 Å². The highest BCUT2D eigenvalue weighted by Gasteiger charge is 2.59. The third-order valence-corrected chi connectivity index (χ3v) is 2.29. The number of ether oxygens (including phenoxy) is 1. The van der Waals surface area contributed by atoms with Crippen LogP contribution in [0.2, 0.25) is 0 Å². The lowest BCUT2D eigenvalue weighted by Crippen LogP contribution is -2.23. The lowest BCUT2D eigenvalue weighted by atomic mass is 10.1. The lowest BCUT2D eigenvalue weighted by Gasteiger charge is -2.08. The van der Waals surface area contributed by atoms with Gasteiger partial charge in [-0.15, -0.1) is 6.58 Å². The van der Waals surface area contributed by atoms with Crippen molar-refractivity contribution in [2.45, 2.75) is 6.42 Å². The molecule has 0 bridgehead atoms. The Kier molecular flexibility index (Phi) is 2.00. The molecule has 0 spiro atoms. The minimum Gasteiger partial charge on any atom is -0.469 e. The molecule has 2 atom stereocenters. The van der Waals surface area contributed by atoms with E-state index in [4.69, 9.17) is 5.11 Å². The van der Waals surface area contributed by atoms with Crippen LogP contribution >= 0.6 is 0 Å². The maximum atomic E-state index is 11.1. The first-order valence-corrected chi connectivity index (χ1v) is 3.53. The highest BCUT2D eigenvalue weighted by Crippen LogP contribution is 2.53. The molecule has 0 amide bonds. The first-order chi connectivity index (χ1) is 5.21. The largest absolute Gasteiger partial charge is 0.469 e. The normalized spacial score (nSPS) is 34.5. The van der Waals surface area contributed by atoms with Crippen molar-refractivity contribution in [3.05, 3.63) is 12.7 Å². The summed E-state index contributed by atoms with van der Waals surface area (Å²) in [5, 5.41) is 8.91. The van der Waals surface area contributed by atoms with Crippen molar-refractivity contribution in [3.8, 4) is 0 Å². The van der Waals surface area contributed by atoms with Gasteiger partial charge in [0.1, 0.15) is 0 Å². The molecule has 1 aliphatic carbocycles. The number of esters is 1. The van der Waals surface area contributed by atoms with Gasteiger partial charge in [0.15, 0.2) is 0 Å². The standard InChI is InChI=1S/C8H12O3/c1-3-6-4-8(6,5-9)7(10)11-2/h3,6,9H,1,4-5H2,2H3. The first-order valence-electron chi connectivity index (χ1n) is 3.53. The zero-order valence-electron chi connectivity index (χ0n) is 6.54. The average molecular weight is 156 g/mol. The summed E-state index contributed by atoms with van der Waals surface area (Å²) < 4.78 is 4.55. The summed E-state index contributed by atoms with van der Waals surface area (Å²) in [5.74, 6) is -0.232. The molecule has 0 aromatic rings. The second-order valence-corrected chi connectivity index (χ2v) is 2.85. The number of hydrogen-bond acceptors (Lipinski definition) is 3. The molecule has 0 aliphatic heterocycles. The predicted octanol–water partition coefficient (Wildman–Crippen LogP) is 0.344. The summed E-state index contributed by atoms with van der Waals surface area (Å²) in [6, 6.07) is 0. The smallest absolute Gasteiger partial charge is 0.314 e. The van der Waals surface area contributed by atoms with Crippen LogP contribution in [0, 0.1) is 11.3 Å². The van der Waals surface area contributed by atoms with Crippen LogP contribution < -0.4 is 0 Å². The Morgan fingerprint density at radius 2 is 2.64 bits per heavy atom. The van der Waals surface area contributed by atoms with E-state index in [1.807, 2.05) is 0 Å². The fourth-order valence-corrected chi connectivity index (χ4v) is 1.33. The molecule has 0 aromatic carbocycles. The highest BCUT2D eigenvalue weighted by molar-refractivity contribution is 5.81. The molecule has 1 aliphatic rings. The molecule has 62 valence electrons. The van der Waals surface area contributed by atoms with Gasteiger partial charge in [0, 0.05) is 0 Å². The fraction of sp³-hybridized carbons (Fsp3) is 0.625. The van der Waals surface area contributed by atoms with Crippen LogP contribution in [0.15, 0.2) is 12.7 Å². The molecule has 11 heavy (non-hydrogen) atoms. The number of carbonyl (C=O) groups excluding carboxylic acids is 1. The zero-order valence-corrected chi connectivity index (χ0v) is 6.54. The van der Waals surface area contributed by atoms with Gasteiger partial charge in [0.05, 0.1) is 19.1 Å². The van der Waals surface area contributed by atoms with Crippen molar-refractivity contribution in [1.82, 2.24) is 0 Å². The van der Waals surface area contributed by atoms with Gasteiger partial charge in [-0.05, 0) is 12.3 Å². The molecule has 3 nitrogen and oxygen atoms in total. The Balaban J connectivity index is 2.66. The van der Waals surface area contributed by atoms with E-state index >= 15 is 0 Å². The number of methoxy groups -OCH3 is 1. The SMILES string of the molecule is C=CC1CC1(CO)C(=O)OC. The predicted molar refractivity (Wildman–Crippen MR) is 39.8 cm³/mol. The summed E-state index contributed by atoms with van der Waals surface area (Å²) >= 11 is 0. The molecule has 1 rings (SSSR count). The lowest BCUT2D eigenvalue weighted by molar-refractivity contribution is -0.149. The Bertz CT molecular complexity index is 188. The van der Waals surface area contributed by atoms with Crippen LogP contribution in [0.3, 0.4) is 0 Å². The molecular weight excluding hydrogens is 144 g/mol. The number of carbonyl (C=O) groups is 1. The Morgan fingerprint density at radius 3 is 2.91 bits per heavy atom. The summed E-state index contributed by atoms with van der Waals surface area (Å²) in [6.07, 6.45) is 2.35. The van der Waals surface area contributed by atoms with Crippen LogP contribution in [0.4, 0.5) is 0 Å². The van der Waals surface area contributed by atoms with Crippen LogP contribution in [0.1, 0.15) is 6.42 Å². The molecule has 3 heteroatoms. The third kappa shape index (κ3) is 1.05. The maximum absolute atomic E-state index is 11.1. The van der Waals surface area contributed by atoms with Gasteiger partial charge in [0.25, 0.3) is 0 Å². The highest BCUT2D eigenvalue weighted by atomic mass is 16.5. The van der Waals surface area contributed by atoms with Crippen molar-refractivity contribution in [2.75, 3.05) is 13.7 Å². The van der Waals surface area contributed by atoms with E-state index in [-0.39, 0.29) is 18.5 Å². The van der Waals surface area contributed by atoms with Crippen molar-refractivity contribution in [1.29, 1.82) is 0 Å². The number of rotatable bonds is 3. The van der Waals surface area contributed by atoms with Crippen LogP contribution in [0.25, 0.3) is 0 Å². The van der Waals surface area contributed by atoms with Crippen molar-refractivity contribution in [3.63, 3.8) is 0 Å². The molecule has 1 saturated carbocycles. The molecule has 2 unspecified atom stereocenters. The van der Waals surface area contributed by atoms with Gasteiger partial charge in [-0.2, -0.15) is 0 Å². The molecular formula is C8H12O3. The Morgan fingerprint density at radius 1 is 2.00 bits per heavy atom. The number of aliphatic hydroxyl groups excluding tert-OH is 1. The van der Waals surface area contributed by atoms with E-state index in [0.29, 0.717) is 6.42 Å². The van der Waals surface area contributed by atoms with E-state index < -0.39 is 5.41 Å². The van der Waals surface area contributed by atoms with Gasteiger partial charge in [-0.3, -0.25) is 4.79 Å². The van der Waals surface area contributed by atoms with E-state index in [9.17, 15) is 4.79 Å². The minimum absolute atomic E-state index is 0.0972. The fourth-order valence-electron chi connectivity index (χ4n) is 1.33. The topological polar surface area (TPSA) is 46.5 Å². The van der Waals surface area contributed by atoms with E-state index in [0.717, 1.165) is 0 Å². The third-order valence-electron chi connectivity index (χ3n) is 2.29. The first kappa shape index (κ1) is 8.27. The van der Waals surface area contributed by atoms with Crippen molar-refractivity contribution >= 4 is 5.97 Å². The second-order valence-electron chi connectivity index (χ2n) is 2.85. The summed E-state index contributed by atoms with van der Waals surface area (Å²) in [7, 11) is 1.33. The second kappa shape index (κ2) is 2.66. The van der Waals surface area contributed by atoms with Gasteiger partial charge in [-0.1, -0.05) is 6.08 Å². The number of hydrogen-bond donors (Lipinski definition) is 1. The summed E-state index contributed by atoms with van der Waals surface area (Å²) in [4.78, 5) is 11.1. The zero-order chi connectivity index (χ0) is 8.48. The van der Waals surface area contributed by atoms with Gasteiger partial charge >= 0.3 is 5.97 Å². The van der Waals surface area contributed by atoms with Gasteiger partial charge in [0.2, 0.25) is 0 Å². The van der Waals surface area contributed by atoms with Crippen LogP contribution in [0.5, 0.6) is 0 Å². The van der Waals surface area contributed by atoms with Gasteiger partial charge in [-0.25, -0.2) is 0 Å². The van der Waals surface area contributed by atoms with Crippen molar-refractivity contribution < 1.29 is 14.6 Å².